The van der Waals surface area contributed by atoms with Crippen molar-refractivity contribution in [1.82, 2.24) is 14.9 Å². The summed E-state index contributed by atoms with van der Waals surface area (Å²) in [7, 11) is 0. The van der Waals surface area contributed by atoms with E-state index >= 15 is 0 Å². The number of aromatic amines is 1. The minimum absolute atomic E-state index is 0.305. The van der Waals surface area contributed by atoms with Gasteiger partial charge in [0.1, 0.15) is 0 Å². The lowest BCUT2D eigenvalue weighted by Gasteiger charge is -2.41. The predicted molar refractivity (Wildman–Crippen MR) is 86.4 cm³/mol. The van der Waals surface area contributed by atoms with Gasteiger partial charge >= 0.3 is 0 Å². The fourth-order valence-corrected chi connectivity index (χ4v) is 3.96. The van der Waals surface area contributed by atoms with Crippen LogP contribution < -0.4 is 0 Å². The summed E-state index contributed by atoms with van der Waals surface area (Å²) in [4.78, 5) is 22.3. The number of fused-ring (bicyclic) bond motifs is 1. The summed E-state index contributed by atoms with van der Waals surface area (Å²) in [6.07, 6.45) is 10.8. The molecule has 3 heterocycles. The van der Waals surface area contributed by atoms with Gasteiger partial charge in [-0.15, -0.1) is 0 Å². The number of likely N-dealkylation sites (tertiary alicyclic amines) is 1. The highest BCUT2D eigenvalue weighted by Gasteiger charge is 2.35. The standard InChI is InChI=1S/C18H23N3O/c22-18(15-4-2-1-3-5-15)21-11-13(12-21)10-16-17-14(6-8-19-16)7-9-20-17/h6-9,13,15,20H,1-5,10-12H2. The van der Waals surface area contributed by atoms with Crippen molar-refractivity contribution in [3.63, 3.8) is 0 Å². The molecule has 0 radical (unpaired) electrons. The van der Waals surface area contributed by atoms with E-state index in [4.69, 9.17) is 0 Å². The molecule has 1 saturated carbocycles. The van der Waals surface area contributed by atoms with Gasteiger partial charge in [-0.3, -0.25) is 9.78 Å². The minimum Gasteiger partial charge on any atom is -0.360 e. The summed E-state index contributed by atoms with van der Waals surface area (Å²) >= 11 is 0. The van der Waals surface area contributed by atoms with Crippen LogP contribution in [0.3, 0.4) is 0 Å². The van der Waals surface area contributed by atoms with Crippen molar-refractivity contribution in [3.8, 4) is 0 Å². The number of hydrogen-bond donors (Lipinski definition) is 1. The van der Waals surface area contributed by atoms with Gasteiger partial charge in [-0.05, 0) is 37.3 Å². The first kappa shape index (κ1) is 13.8. The lowest BCUT2D eigenvalue weighted by molar-refractivity contribution is -0.143. The summed E-state index contributed by atoms with van der Waals surface area (Å²) in [6.45, 7) is 1.82. The Morgan fingerprint density at radius 2 is 2.05 bits per heavy atom. The van der Waals surface area contributed by atoms with Crippen LogP contribution in [0.4, 0.5) is 0 Å². The van der Waals surface area contributed by atoms with Crippen LogP contribution >= 0.6 is 0 Å². The molecule has 2 fully saturated rings. The van der Waals surface area contributed by atoms with Gasteiger partial charge < -0.3 is 9.88 Å². The maximum Gasteiger partial charge on any atom is 0.225 e. The zero-order valence-corrected chi connectivity index (χ0v) is 12.9. The number of nitrogens with one attached hydrogen (secondary N) is 1. The van der Waals surface area contributed by atoms with E-state index in [1.54, 1.807) is 0 Å². The molecule has 4 nitrogen and oxygen atoms in total. The average Bonchev–Trinajstić information content (AvgIpc) is 3.00. The largest absolute Gasteiger partial charge is 0.360 e. The maximum absolute atomic E-state index is 12.5. The highest BCUT2D eigenvalue weighted by molar-refractivity contribution is 5.81. The van der Waals surface area contributed by atoms with E-state index in [2.05, 4.69) is 20.9 Å². The molecule has 116 valence electrons. The summed E-state index contributed by atoms with van der Waals surface area (Å²) in [5, 5.41) is 1.22. The van der Waals surface area contributed by atoms with Crippen molar-refractivity contribution in [2.75, 3.05) is 13.1 Å². The van der Waals surface area contributed by atoms with Gasteiger partial charge in [-0.2, -0.15) is 0 Å². The van der Waals surface area contributed by atoms with Gasteiger partial charge in [0.2, 0.25) is 5.91 Å². The Morgan fingerprint density at radius 1 is 1.23 bits per heavy atom. The van der Waals surface area contributed by atoms with Gasteiger partial charge in [0.05, 0.1) is 11.2 Å². The van der Waals surface area contributed by atoms with Gasteiger partial charge in [0.15, 0.2) is 0 Å². The molecule has 22 heavy (non-hydrogen) atoms. The first-order valence-electron chi connectivity index (χ1n) is 8.51. The number of carbonyl (C=O) groups excluding carboxylic acids is 1. The fourth-order valence-electron chi connectivity index (χ4n) is 3.96. The third kappa shape index (κ3) is 2.51. The van der Waals surface area contributed by atoms with Crippen molar-refractivity contribution in [3.05, 3.63) is 30.2 Å². The molecule has 4 heteroatoms. The molecular weight excluding hydrogens is 274 g/mol. The van der Waals surface area contributed by atoms with Crippen molar-refractivity contribution in [2.45, 2.75) is 38.5 Å². The smallest absolute Gasteiger partial charge is 0.225 e. The van der Waals surface area contributed by atoms with Crippen LogP contribution in [0.2, 0.25) is 0 Å². The van der Waals surface area contributed by atoms with Crippen LogP contribution in [-0.4, -0.2) is 33.9 Å². The van der Waals surface area contributed by atoms with Gasteiger partial charge in [0, 0.05) is 36.8 Å². The fraction of sp³-hybridized carbons (Fsp3) is 0.556. The number of nitrogens with zero attached hydrogens (tertiary/aromatic N) is 2. The van der Waals surface area contributed by atoms with Crippen LogP contribution in [0.25, 0.3) is 10.9 Å². The Kier molecular flexibility index (Phi) is 3.60. The van der Waals surface area contributed by atoms with Crippen molar-refractivity contribution in [1.29, 1.82) is 0 Å². The number of hydrogen-bond acceptors (Lipinski definition) is 2. The van der Waals surface area contributed by atoms with E-state index in [0.29, 0.717) is 17.7 Å². The van der Waals surface area contributed by atoms with E-state index in [-0.39, 0.29) is 0 Å². The lowest BCUT2D eigenvalue weighted by Crippen LogP contribution is -2.53. The van der Waals surface area contributed by atoms with Crippen molar-refractivity contribution >= 4 is 16.8 Å². The third-order valence-electron chi connectivity index (χ3n) is 5.26. The first-order valence-corrected chi connectivity index (χ1v) is 8.51. The third-order valence-corrected chi connectivity index (χ3v) is 5.26. The second-order valence-corrected chi connectivity index (χ2v) is 6.85. The molecule has 2 aromatic rings. The Labute approximate surface area is 130 Å². The second kappa shape index (κ2) is 5.75. The molecule has 1 aliphatic carbocycles. The van der Waals surface area contributed by atoms with Gasteiger partial charge in [-0.1, -0.05) is 19.3 Å². The maximum atomic E-state index is 12.5. The van der Waals surface area contributed by atoms with Gasteiger partial charge in [-0.25, -0.2) is 0 Å². The molecule has 0 atom stereocenters. The molecular formula is C18H23N3O. The highest BCUT2D eigenvalue weighted by atomic mass is 16.2. The zero-order chi connectivity index (χ0) is 14.9. The Balaban J connectivity index is 1.35. The summed E-state index contributed by atoms with van der Waals surface area (Å²) in [5.74, 6) is 1.27. The molecule has 1 N–H and O–H groups in total. The summed E-state index contributed by atoms with van der Waals surface area (Å²) in [6, 6.07) is 4.12. The van der Waals surface area contributed by atoms with Crippen LogP contribution in [0.1, 0.15) is 37.8 Å². The number of carbonyl (C=O) groups is 1. The molecule has 1 saturated heterocycles. The first-order chi connectivity index (χ1) is 10.8. The van der Waals surface area contributed by atoms with Crippen LogP contribution in [0.15, 0.2) is 24.5 Å². The Bertz CT molecular complexity index is 666. The molecule has 1 aliphatic heterocycles. The van der Waals surface area contributed by atoms with E-state index in [9.17, 15) is 4.79 Å². The van der Waals surface area contributed by atoms with Crippen LogP contribution in [0.5, 0.6) is 0 Å². The molecule has 0 bridgehead atoms. The minimum atomic E-state index is 0.305. The van der Waals surface area contributed by atoms with Crippen molar-refractivity contribution < 1.29 is 4.79 Å². The predicted octanol–water partition coefficient (Wildman–Crippen LogP) is 3.14. The summed E-state index contributed by atoms with van der Waals surface area (Å²) < 4.78 is 0. The number of amides is 1. The van der Waals surface area contributed by atoms with Crippen LogP contribution in [-0.2, 0) is 11.2 Å². The van der Waals surface area contributed by atoms with E-state index in [1.807, 2.05) is 18.5 Å². The van der Waals surface area contributed by atoms with Crippen molar-refractivity contribution in [2.24, 2.45) is 11.8 Å². The number of pyridine rings is 1. The molecule has 0 aromatic carbocycles. The Hall–Kier alpha value is -1.84. The number of aromatic nitrogens is 2. The zero-order valence-electron chi connectivity index (χ0n) is 12.9. The average molecular weight is 297 g/mol. The molecule has 0 unspecified atom stereocenters. The Morgan fingerprint density at radius 3 is 2.86 bits per heavy atom. The number of rotatable bonds is 3. The molecule has 2 aromatic heterocycles. The van der Waals surface area contributed by atoms with E-state index < -0.39 is 0 Å². The van der Waals surface area contributed by atoms with E-state index in [0.717, 1.165) is 43.6 Å². The highest BCUT2D eigenvalue weighted by Crippen LogP contribution is 2.29. The molecule has 1 amide bonds. The van der Waals surface area contributed by atoms with Crippen LogP contribution in [0, 0.1) is 11.8 Å². The quantitative estimate of drug-likeness (QED) is 0.946. The molecule has 2 aliphatic rings. The normalized spacial score (nSPS) is 20.3. The van der Waals surface area contributed by atoms with Gasteiger partial charge in [0.25, 0.3) is 0 Å². The SMILES string of the molecule is O=C(C1CCCCC1)N1CC(Cc2nccc3cc[nH]c23)C1. The topological polar surface area (TPSA) is 49.0 Å². The molecule has 4 rings (SSSR count). The number of H-pyrrole nitrogens is 1. The monoisotopic (exact) mass is 297 g/mol. The lowest BCUT2D eigenvalue weighted by atomic mass is 9.85. The van der Waals surface area contributed by atoms with E-state index in [1.165, 1.54) is 24.6 Å². The second-order valence-electron chi connectivity index (χ2n) is 6.85. The summed E-state index contributed by atoms with van der Waals surface area (Å²) in [5.41, 5.74) is 2.29. The molecule has 0 spiro atoms.